The van der Waals surface area contributed by atoms with Gasteiger partial charge in [0.1, 0.15) is 24.0 Å². The Morgan fingerprint density at radius 1 is 1.19 bits per heavy atom. The second kappa shape index (κ2) is 10.5. The van der Waals surface area contributed by atoms with Crippen LogP contribution < -0.4 is 4.74 Å². The third-order valence-electron chi connectivity index (χ3n) is 6.90. The standard InChI is InChI=1S/C26H24ClF5N2O3/c1-36-24(35)19-10-18(15-2-3-15)22(11-21(19)28)37-14-25(13-33)4-6-34(7-5-25)12-16-8-17(26(30,31)32)9-20(27)23(16)29/h8-11,15H,2-7,12,14H2,1H3. The molecule has 1 saturated carbocycles. The Balaban J connectivity index is 1.44. The molecule has 0 unspecified atom stereocenters. The van der Waals surface area contributed by atoms with Crippen molar-refractivity contribution in [1.29, 1.82) is 5.26 Å². The molecular weight excluding hydrogens is 519 g/mol. The summed E-state index contributed by atoms with van der Waals surface area (Å²) in [7, 11) is 1.17. The molecule has 4 rings (SSSR count). The van der Waals surface area contributed by atoms with E-state index in [4.69, 9.17) is 16.3 Å². The van der Waals surface area contributed by atoms with Crippen molar-refractivity contribution in [2.45, 2.75) is 44.3 Å². The van der Waals surface area contributed by atoms with E-state index in [1.54, 1.807) is 4.90 Å². The van der Waals surface area contributed by atoms with Gasteiger partial charge in [0.05, 0.1) is 34.7 Å². The van der Waals surface area contributed by atoms with Crippen LogP contribution >= 0.6 is 11.6 Å². The number of benzene rings is 2. The Morgan fingerprint density at radius 3 is 2.43 bits per heavy atom. The molecule has 2 aromatic rings. The number of esters is 1. The molecule has 2 fully saturated rings. The van der Waals surface area contributed by atoms with Crippen LogP contribution in [0, 0.1) is 28.4 Å². The lowest BCUT2D eigenvalue weighted by atomic mass is 9.80. The molecule has 2 aromatic carbocycles. The largest absolute Gasteiger partial charge is 0.492 e. The maximum absolute atomic E-state index is 14.6. The number of rotatable bonds is 7. The molecule has 2 aliphatic rings. The van der Waals surface area contributed by atoms with Crippen LogP contribution in [0.2, 0.25) is 5.02 Å². The van der Waals surface area contributed by atoms with Crippen LogP contribution in [0.4, 0.5) is 22.0 Å². The van der Waals surface area contributed by atoms with Crippen LogP contribution in [0.25, 0.3) is 0 Å². The summed E-state index contributed by atoms with van der Waals surface area (Å²) in [4.78, 5) is 13.6. The zero-order valence-electron chi connectivity index (χ0n) is 19.9. The van der Waals surface area contributed by atoms with Gasteiger partial charge in [-0.2, -0.15) is 18.4 Å². The minimum Gasteiger partial charge on any atom is -0.492 e. The summed E-state index contributed by atoms with van der Waals surface area (Å²) in [6, 6.07) is 6.16. The lowest BCUT2D eigenvalue weighted by Gasteiger charge is -2.37. The summed E-state index contributed by atoms with van der Waals surface area (Å²) >= 11 is 5.69. The number of piperidine rings is 1. The van der Waals surface area contributed by atoms with Crippen LogP contribution in [-0.2, 0) is 17.5 Å². The van der Waals surface area contributed by atoms with Gasteiger partial charge in [-0.25, -0.2) is 13.6 Å². The fourth-order valence-corrected chi connectivity index (χ4v) is 4.72. The van der Waals surface area contributed by atoms with E-state index in [2.05, 4.69) is 10.8 Å². The Morgan fingerprint density at radius 2 is 1.86 bits per heavy atom. The summed E-state index contributed by atoms with van der Waals surface area (Å²) in [6.45, 7) is 0.506. The average Bonchev–Trinajstić information content (AvgIpc) is 3.71. The topological polar surface area (TPSA) is 62.6 Å². The quantitative estimate of drug-likeness (QED) is 0.296. The van der Waals surface area contributed by atoms with Crippen molar-refractivity contribution >= 4 is 17.6 Å². The number of nitriles is 1. The molecule has 0 spiro atoms. The minimum atomic E-state index is -4.66. The lowest BCUT2D eigenvalue weighted by Crippen LogP contribution is -2.42. The predicted octanol–water partition coefficient (Wildman–Crippen LogP) is 6.49. The van der Waals surface area contributed by atoms with E-state index >= 15 is 0 Å². The SMILES string of the molecule is COC(=O)c1cc(C2CC2)c(OCC2(C#N)CCN(Cc3cc(C(F)(F)F)cc(Cl)c3F)CC2)cc1F. The van der Waals surface area contributed by atoms with Gasteiger partial charge in [-0.1, -0.05) is 11.6 Å². The molecule has 37 heavy (non-hydrogen) atoms. The van der Waals surface area contributed by atoms with E-state index in [0.717, 1.165) is 25.0 Å². The van der Waals surface area contributed by atoms with Crippen LogP contribution in [0.15, 0.2) is 24.3 Å². The zero-order chi connectivity index (χ0) is 27.0. The third-order valence-corrected chi connectivity index (χ3v) is 7.18. The Labute approximate surface area is 215 Å². The van der Waals surface area contributed by atoms with E-state index in [9.17, 15) is 32.0 Å². The number of nitrogens with zero attached hydrogens (tertiary/aromatic N) is 2. The number of carbonyl (C=O) groups excluding carboxylic acids is 1. The van der Waals surface area contributed by atoms with Crippen LogP contribution in [-0.4, -0.2) is 37.7 Å². The van der Waals surface area contributed by atoms with E-state index < -0.39 is 39.8 Å². The zero-order valence-corrected chi connectivity index (χ0v) is 20.7. The molecule has 0 atom stereocenters. The van der Waals surface area contributed by atoms with Crippen molar-refractivity contribution in [2.75, 3.05) is 26.8 Å². The Kier molecular flexibility index (Phi) is 7.67. The molecule has 0 aromatic heterocycles. The molecule has 11 heteroatoms. The fraction of sp³-hybridized carbons (Fsp3) is 0.462. The molecule has 1 aliphatic carbocycles. The molecule has 1 aliphatic heterocycles. The van der Waals surface area contributed by atoms with E-state index in [1.165, 1.54) is 13.2 Å². The first-order valence-corrected chi connectivity index (χ1v) is 12.1. The van der Waals surface area contributed by atoms with Crippen molar-refractivity contribution in [3.8, 4) is 11.8 Å². The summed E-state index contributed by atoms with van der Waals surface area (Å²) in [5.41, 5.74) is -1.61. The van der Waals surface area contributed by atoms with Crippen molar-refractivity contribution in [2.24, 2.45) is 5.41 Å². The van der Waals surface area contributed by atoms with E-state index in [1.807, 2.05) is 0 Å². The van der Waals surface area contributed by atoms with E-state index in [0.29, 0.717) is 37.6 Å². The number of carbonyl (C=O) groups is 1. The monoisotopic (exact) mass is 542 g/mol. The van der Waals surface area contributed by atoms with Gasteiger partial charge in [0.2, 0.25) is 0 Å². The van der Waals surface area contributed by atoms with Gasteiger partial charge < -0.3 is 9.47 Å². The van der Waals surface area contributed by atoms with Crippen molar-refractivity contribution in [3.05, 3.63) is 63.2 Å². The number of alkyl halides is 3. The maximum Gasteiger partial charge on any atom is 0.416 e. The van der Waals surface area contributed by atoms with Gasteiger partial charge in [0, 0.05) is 31.3 Å². The van der Waals surface area contributed by atoms with E-state index in [-0.39, 0.29) is 35.9 Å². The number of methoxy groups -OCH3 is 1. The number of likely N-dealkylation sites (tertiary alicyclic amines) is 1. The normalized spacial score (nSPS) is 17.8. The number of halogens is 6. The molecule has 0 amide bonds. The number of hydrogen-bond acceptors (Lipinski definition) is 5. The first-order chi connectivity index (χ1) is 17.5. The van der Waals surface area contributed by atoms with Crippen LogP contribution in [0.1, 0.15) is 58.6 Å². The third kappa shape index (κ3) is 5.99. The van der Waals surface area contributed by atoms with Crippen molar-refractivity contribution in [1.82, 2.24) is 4.90 Å². The lowest BCUT2D eigenvalue weighted by molar-refractivity contribution is -0.137. The highest BCUT2D eigenvalue weighted by atomic mass is 35.5. The smallest absolute Gasteiger partial charge is 0.416 e. The Hall–Kier alpha value is -2.90. The number of hydrogen-bond donors (Lipinski definition) is 0. The van der Waals surface area contributed by atoms with Crippen molar-refractivity contribution in [3.63, 3.8) is 0 Å². The van der Waals surface area contributed by atoms with Gasteiger partial charge in [-0.05, 0) is 55.4 Å². The summed E-state index contributed by atoms with van der Waals surface area (Å²) in [5.74, 6) is -2.07. The van der Waals surface area contributed by atoms with Gasteiger partial charge in [-0.15, -0.1) is 0 Å². The summed E-state index contributed by atoms with van der Waals surface area (Å²) < 4.78 is 78.9. The minimum absolute atomic E-state index is 0.0299. The highest BCUT2D eigenvalue weighted by Crippen LogP contribution is 2.46. The van der Waals surface area contributed by atoms with Gasteiger partial charge in [0.25, 0.3) is 0 Å². The van der Waals surface area contributed by atoms with Crippen LogP contribution in [0.5, 0.6) is 5.75 Å². The fourth-order valence-electron chi connectivity index (χ4n) is 4.49. The molecule has 0 bridgehead atoms. The maximum atomic E-state index is 14.6. The second-order valence-electron chi connectivity index (χ2n) is 9.52. The summed E-state index contributed by atoms with van der Waals surface area (Å²) in [6.07, 6.45) is -2.28. The van der Waals surface area contributed by atoms with Crippen molar-refractivity contribution < 1.29 is 36.2 Å². The molecule has 0 radical (unpaired) electrons. The van der Waals surface area contributed by atoms with Crippen LogP contribution in [0.3, 0.4) is 0 Å². The predicted molar refractivity (Wildman–Crippen MR) is 124 cm³/mol. The van der Waals surface area contributed by atoms with Gasteiger partial charge in [-0.3, -0.25) is 4.90 Å². The molecule has 1 heterocycles. The van der Waals surface area contributed by atoms with Gasteiger partial charge in [0.15, 0.2) is 0 Å². The van der Waals surface area contributed by atoms with Gasteiger partial charge >= 0.3 is 12.1 Å². The molecule has 0 N–H and O–H groups in total. The average molecular weight is 543 g/mol. The molecular formula is C26H24ClF5N2O3. The summed E-state index contributed by atoms with van der Waals surface area (Å²) in [5, 5.41) is 9.31. The first-order valence-electron chi connectivity index (χ1n) is 11.7. The highest BCUT2D eigenvalue weighted by Gasteiger charge is 2.38. The molecule has 5 nitrogen and oxygen atoms in total. The molecule has 198 valence electrons. The number of ether oxygens (including phenoxy) is 2. The highest BCUT2D eigenvalue weighted by molar-refractivity contribution is 6.30. The Bertz CT molecular complexity index is 1230. The molecule has 1 saturated heterocycles. The second-order valence-corrected chi connectivity index (χ2v) is 9.93. The first kappa shape index (κ1) is 27.1.